The van der Waals surface area contributed by atoms with Crippen molar-refractivity contribution in [1.29, 1.82) is 0 Å². The lowest BCUT2D eigenvalue weighted by Gasteiger charge is -2.34. The van der Waals surface area contributed by atoms with E-state index in [0.717, 1.165) is 42.0 Å². The Morgan fingerprint density at radius 3 is 2.54 bits per heavy atom. The molecule has 1 aliphatic carbocycles. The number of anilines is 1. The van der Waals surface area contributed by atoms with Crippen molar-refractivity contribution in [2.45, 2.75) is 64.2 Å². The summed E-state index contributed by atoms with van der Waals surface area (Å²) in [4.78, 5) is 17.4. The summed E-state index contributed by atoms with van der Waals surface area (Å²) in [5.74, 6) is -0.115. The van der Waals surface area contributed by atoms with Gasteiger partial charge in [0.05, 0.1) is 18.5 Å². The number of halogens is 4. The highest BCUT2D eigenvalue weighted by atomic mass is 19.4. The van der Waals surface area contributed by atoms with Crippen molar-refractivity contribution in [2.24, 2.45) is 5.41 Å². The maximum absolute atomic E-state index is 16.8. The van der Waals surface area contributed by atoms with Crippen LogP contribution in [0.3, 0.4) is 0 Å². The lowest BCUT2D eigenvalue weighted by molar-refractivity contribution is -0.147. The largest absolute Gasteiger partial charge is 0.508 e. The molecule has 2 aromatic heterocycles. The lowest BCUT2D eigenvalue weighted by Crippen LogP contribution is -2.51. The summed E-state index contributed by atoms with van der Waals surface area (Å²) in [5, 5.41) is 16.2. The highest BCUT2D eigenvalue weighted by Gasteiger charge is 2.46. The topological polar surface area (TPSA) is 86.6 Å². The Balaban J connectivity index is 1.29. The monoisotopic (exact) mass is 638 g/mol. The zero-order chi connectivity index (χ0) is 32.2. The molecule has 4 aromatic rings. The normalized spacial score (nSPS) is 20.6. The summed E-state index contributed by atoms with van der Waals surface area (Å²) in [7, 11) is 0. The van der Waals surface area contributed by atoms with Gasteiger partial charge < -0.3 is 20.1 Å². The van der Waals surface area contributed by atoms with Crippen LogP contribution in [0.5, 0.6) is 11.8 Å². The Labute approximate surface area is 264 Å². The number of pyridine rings is 1. The Morgan fingerprint density at radius 2 is 1.87 bits per heavy atom. The number of piperazine rings is 1. The highest BCUT2D eigenvalue weighted by Crippen LogP contribution is 2.47. The minimum atomic E-state index is -4.28. The number of benzene rings is 2. The third-order valence-electron chi connectivity index (χ3n) is 9.72. The van der Waals surface area contributed by atoms with Crippen LogP contribution in [0.2, 0.25) is 0 Å². The van der Waals surface area contributed by atoms with Gasteiger partial charge in [0.15, 0.2) is 5.82 Å². The van der Waals surface area contributed by atoms with Crippen LogP contribution in [0, 0.1) is 11.2 Å². The van der Waals surface area contributed by atoms with Gasteiger partial charge in [0, 0.05) is 48.9 Å². The number of rotatable bonds is 10. The van der Waals surface area contributed by atoms with Crippen LogP contribution in [0.25, 0.3) is 32.9 Å². The van der Waals surface area contributed by atoms with Crippen molar-refractivity contribution in [3.8, 4) is 23.0 Å². The average molecular weight is 639 g/mol. The molecular weight excluding hydrogens is 600 g/mol. The number of fused-ring (bicyclic) bond motifs is 4. The molecule has 0 spiro atoms. The third-order valence-corrected chi connectivity index (χ3v) is 9.72. The van der Waals surface area contributed by atoms with Crippen molar-refractivity contribution in [1.82, 2.24) is 25.2 Å². The third kappa shape index (κ3) is 6.04. The van der Waals surface area contributed by atoms with E-state index < -0.39 is 24.0 Å². The van der Waals surface area contributed by atoms with Crippen molar-refractivity contribution >= 4 is 27.5 Å². The summed E-state index contributed by atoms with van der Waals surface area (Å²) in [6.45, 7) is 4.80. The SMILES string of the molecule is CCc1cccc2cc(O)cc(-c3ncc4c(N5C[C@H]6CC[C@@H](C5)N6)nc(OCC5(CN(CC)CC(F)(F)F)CC5)nc4c3F)c12. The molecule has 2 aliphatic heterocycles. The molecule has 2 bridgehead atoms. The van der Waals surface area contributed by atoms with Crippen molar-refractivity contribution in [3.05, 3.63) is 47.9 Å². The fourth-order valence-electron chi connectivity index (χ4n) is 7.21. The molecule has 3 fully saturated rings. The van der Waals surface area contributed by atoms with Crippen LogP contribution < -0.4 is 15.0 Å². The summed E-state index contributed by atoms with van der Waals surface area (Å²) in [5.41, 5.74) is 1.15. The Hall–Kier alpha value is -3.77. The number of aromatic hydroxyl groups is 1. The van der Waals surface area contributed by atoms with Crippen molar-refractivity contribution in [2.75, 3.05) is 44.2 Å². The Morgan fingerprint density at radius 1 is 1.11 bits per heavy atom. The van der Waals surface area contributed by atoms with Gasteiger partial charge in [-0.25, -0.2) is 4.39 Å². The van der Waals surface area contributed by atoms with Crippen molar-refractivity contribution in [3.63, 3.8) is 0 Å². The quantitative estimate of drug-likeness (QED) is 0.198. The van der Waals surface area contributed by atoms with Crippen molar-refractivity contribution < 1.29 is 27.4 Å². The molecule has 2 N–H and O–H groups in total. The van der Waals surface area contributed by atoms with Gasteiger partial charge in [-0.2, -0.15) is 23.1 Å². The smallest absolute Gasteiger partial charge is 0.401 e. The average Bonchev–Trinajstić information content (AvgIpc) is 3.71. The van der Waals surface area contributed by atoms with Gasteiger partial charge in [0.25, 0.3) is 0 Å². The first-order valence-corrected chi connectivity index (χ1v) is 16.1. The maximum atomic E-state index is 16.8. The molecule has 0 amide bonds. The second-order valence-corrected chi connectivity index (χ2v) is 13.1. The van der Waals surface area contributed by atoms with E-state index in [4.69, 9.17) is 9.72 Å². The van der Waals surface area contributed by atoms with E-state index in [1.54, 1.807) is 19.2 Å². The summed E-state index contributed by atoms with van der Waals surface area (Å²) in [6.07, 6.45) is 1.57. The van der Waals surface area contributed by atoms with Gasteiger partial charge in [-0.3, -0.25) is 9.88 Å². The second kappa shape index (κ2) is 11.8. The number of phenols is 1. The summed E-state index contributed by atoms with van der Waals surface area (Å²) >= 11 is 0. The van der Waals surface area contributed by atoms with Crippen LogP contribution in [0.1, 0.15) is 45.1 Å². The molecule has 3 aliphatic rings. The Bertz CT molecular complexity index is 1770. The lowest BCUT2D eigenvalue weighted by atomic mass is 9.95. The zero-order valence-corrected chi connectivity index (χ0v) is 26.0. The molecule has 46 heavy (non-hydrogen) atoms. The van der Waals surface area contributed by atoms with Gasteiger partial charge in [0.2, 0.25) is 0 Å². The first-order chi connectivity index (χ1) is 22.0. The molecule has 0 unspecified atom stereocenters. The molecular formula is C34H38F4N6O2. The van der Waals surface area contributed by atoms with Crippen LogP contribution in [0.15, 0.2) is 36.5 Å². The van der Waals surface area contributed by atoms with Crippen LogP contribution in [-0.4, -0.2) is 82.5 Å². The molecule has 8 nitrogen and oxygen atoms in total. The van der Waals surface area contributed by atoms with E-state index in [1.807, 2.05) is 25.1 Å². The van der Waals surface area contributed by atoms with Gasteiger partial charge in [-0.15, -0.1) is 0 Å². The molecule has 244 valence electrons. The van der Waals surface area contributed by atoms with Gasteiger partial charge in [-0.1, -0.05) is 32.0 Å². The highest BCUT2D eigenvalue weighted by molar-refractivity contribution is 6.01. The first kappa shape index (κ1) is 30.9. The van der Waals surface area contributed by atoms with E-state index in [9.17, 15) is 18.3 Å². The van der Waals surface area contributed by atoms with E-state index in [1.165, 1.54) is 11.0 Å². The van der Waals surface area contributed by atoms with Crippen LogP contribution >= 0.6 is 0 Å². The summed E-state index contributed by atoms with van der Waals surface area (Å²) in [6, 6.07) is 9.53. The molecule has 7 rings (SSSR count). The molecule has 2 atom stereocenters. The standard InChI is InChI=1S/C34H38F4N6O2/c1-3-20-6-5-7-21-12-24(45)13-25(27(20)21)29-28(35)30-26(14-39-29)31(44-15-22-8-9-23(16-44)40-22)42-32(41-30)46-19-33(10-11-33)17-43(4-2)18-34(36,37)38/h5-7,12-14,22-23,40,45H,3-4,8-11,15-19H2,1-2H3/t22-,23+. The van der Waals surface area contributed by atoms with Crippen LogP contribution in [0.4, 0.5) is 23.4 Å². The van der Waals surface area contributed by atoms with Gasteiger partial charge in [0.1, 0.15) is 22.8 Å². The fourth-order valence-corrected chi connectivity index (χ4v) is 7.21. The predicted octanol–water partition coefficient (Wildman–Crippen LogP) is 6.24. The fraction of sp³-hybridized carbons (Fsp3) is 0.500. The Kier molecular flexibility index (Phi) is 7.91. The number of hydrogen-bond donors (Lipinski definition) is 2. The molecule has 2 saturated heterocycles. The minimum absolute atomic E-state index is 0.00196. The van der Waals surface area contributed by atoms with Gasteiger partial charge in [-0.05, 0) is 67.1 Å². The second-order valence-electron chi connectivity index (χ2n) is 13.1. The minimum Gasteiger partial charge on any atom is -0.508 e. The molecule has 4 heterocycles. The number of ether oxygens (including phenoxy) is 1. The van der Waals surface area contributed by atoms with Crippen LogP contribution in [-0.2, 0) is 6.42 Å². The molecule has 2 aromatic carbocycles. The van der Waals surface area contributed by atoms with E-state index in [2.05, 4.69) is 20.2 Å². The number of nitrogens with one attached hydrogen (secondary N) is 1. The number of phenolic OH excluding ortho intramolecular Hbond substituents is 1. The number of aryl methyl sites for hydroxylation is 1. The van der Waals surface area contributed by atoms with E-state index >= 15 is 4.39 Å². The summed E-state index contributed by atoms with van der Waals surface area (Å²) < 4.78 is 62.4. The van der Waals surface area contributed by atoms with Gasteiger partial charge >= 0.3 is 12.2 Å². The van der Waals surface area contributed by atoms with E-state index in [-0.39, 0.29) is 42.7 Å². The molecule has 1 saturated carbocycles. The molecule has 12 heteroatoms. The zero-order valence-electron chi connectivity index (χ0n) is 26.0. The number of hydrogen-bond acceptors (Lipinski definition) is 8. The molecule has 0 radical (unpaired) electrons. The first-order valence-electron chi connectivity index (χ1n) is 16.1. The predicted molar refractivity (Wildman–Crippen MR) is 169 cm³/mol. The number of alkyl halides is 3. The maximum Gasteiger partial charge on any atom is 0.401 e. The number of nitrogens with zero attached hydrogens (tertiary/aromatic N) is 5. The number of aromatic nitrogens is 3. The van der Waals surface area contributed by atoms with E-state index in [0.29, 0.717) is 48.4 Å².